The van der Waals surface area contributed by atoms with Crippen LogP contribution in [-0.4, -0.2) is 32.8 Å². The van der Waals surface area contributed by atoms with E-state index in [1.807, 2.05) is 0 Å². The van der Waals surface area contributed by atoms with Crippen molar-refractivity contribution in [3.8, 4) is 0 Å². The monoisotopic (exact) mass is 203 g/mol. The van der Waals surface area contributed by atoms with Gasteiger partial charge in [0.25, 0.3) is 0 Å². The maximum absolute atomic E-state index is 11.0. The maximum atomic E-state index is 11.0. The summed E-state index contributed by atoms with van der Waals surface area (Å²) >= 11 is 0. The van der Waals surface area contributed by atoms with Crippen LogP contribution in [0.15, 0.2) is 12.3 Å². The zero-order valence-corrected chi connectivity index (χ0v) is 8.05. The molecule has 0 aliphatic carbocycles. The van der Waals surface area contributed by atoms with Crippen LogP contribution in [0.25, 0.3) is 0 Å². The largest absolute Gasteiger partial charge is 0.478 e. The van der Waals surface area contributed by atoms with Gasteiger partial charge in [-0.05, 0) is 12.8 Å². The highest BCUT2D eigenvalue weighted by molar-refractivity contribution is 7.85. The Bertz CT molecular complexity index is 230. The first-order chi connectivity index (χ1) is 6.18. The molecule has 0 saturated carbocycles. The van der Waals surface area contributed by atoms with Crippen LogP contribution in [0.2, 0.25) is 0 Å². The molecule has 1 rings (SSSR count). The van der Waals surface area contributed by atoms with Crippen molar-refractivity contribution in [1.82, 2.24) is 5.32 Å². The summed E-state index contributed by atoms with van der Waals surface area (Å²) in [5.41, 5.74) is 0. The lowest BCUT2D eigenvalue weighted by Crippen LogP contribution is -2.32. The summed E-state index contributed by atoms with van der Waals surface area (Å²) in [6, 6.07) is 0.285. The minimum Gasteiger partial charge on any atom is -0.478 e. The molecule has 1 aliphatic rings. The maximum Gasteiger partial charge on any atom is 0.329 e. The van der Waals surface area contributed by atoms with Gasteiger partial charge >= 0.3 is 5.97 Å². The van der Waals surface area contributed by atoms with E-state index in [1.54, 1.807) is 0 Å². The van der Waals surface area contributed by atoms with E-state index in [1.165, 1.54) is 6.20 Å². The third kappa shape index (κ3) is 4.07. The molecular formula is C8H13NO3S. The van der Waals surface area contributed by atoms with Gasteiger partial charge in [0.15, 0.2) is 0 Å². The highest BCUT2D eigenvalue weighted by Crippen LogP contribution is 2.08. The molecule has 1 heterocycles. The molecule has 1 saturated heterocycles. The molecule has 0 aromatic carbocycles. The number of hydrogen-bond donors (Lipinski definition) is 2. The molecule has 0 bridgehead atoms. The topological polar surface area (TPSA) is 66.4 Å². The molecule has 5 heteroatoms. The molecule has 0 aromatic heterocycles. The van der Waals surface area contributed by atoms with E-state index >= 15 is 0 Å². The minimum atomic E-state index is -0.952. The van der Waals surface area contributed by atoms with E-state index in [2.05, 4.69) is 5.32 Å². The highest BCUT2D eigenvalue weighted by atomic mass is 32.2. The quantitative estimate of drug-likeness (QED) is 0.638. The third-order valence-corrected chi connectivity index (χ3v) is 3.33. The average Bonchev–Trinajstić information content (AvgIpc) is 2.08. The van der Waals surface area contributed by atoms with Crippen molar-refractivity contribution in [2.45, 2.75) is 18.9 Å². The van der Waals surface area contributed by atoms with E-state index in [0.29, 0.717) is 0 Å². The fourth-order valence-electron chi connectivity index (χ4n) is 1.22. The summed E-state index contributed by atoms with van der Waals surface area (Å²) in [5.74, 6) is 0.490. The van der Waals surface area contributed by atoms with Gasteiger partial charge in [-0.3, -0.25) is 4.21 Å². The van der Waals surface area contributed by atoms with E-state index in [9.17, 15) is 9.00 Å². The SMILES string of the molecule is O=C(O)/C=C/NC1CCS(=O)CC1. The molecule has 0 radical (unpaired) electrons. The number of aliphatic carboxylic acids is 1. The van der Waals surface area contributed by atoms with Crippen molar-refractivity contribution in [1.29, 1.82) is 0 Å². The Balaban J connectivity index is 2.23. The summed E-state index contributed by atoms with van der Waals surface area (Å²) in [6.45, 7) is 0. The number of rotatable bonds is 3. The first-order valence-corrected chi connectivity index (χ1v) is 5.68. The Morgan fingerprint density at radius 2 is 2.08 bits per heavy atom. The van der Waals surface area contributed by atoms with Crippen LogP contribution < -0.4 is 5.32 Å². The number of carbonyl (C=O) groups is 1. The van der Waals surface area contributed by atoms with Gasteiger partial charge in [0.2, 0.25) is 0 Å². The molecule has 0 unspecified atom stereocenters. The second-order valence-corrected chi connectivity index (χ2v) is 4.66. The standard InChI is InChI=1S/C8H13NO3S/c10-8(11)1-4-9-7-2-5-13(12)6-3-7/h1,4,7,9H,2-3,5-6H2,(H,10,11)/b4-1+. The normalized spacial score (nSPS) is 28.9. The van der Waals surface area contributed by atoms with Crippen molar-refractivity contribution in [3.63, 3.8) is 0 Å². The molecule has 0 atom stereocenters. The first kappa shape index (κ1) is 10.2. The van der Waals surface area contributed by atoms with Gasteiger partial charge in [-0.2, -0.15) is 0 Å². The lowest BCUT2D eigenvalue weighted by molar-refractivity contribution is -0.131. The van der Waals surface area contributed by atoms with Gasteiger partial charge in [0.05, 0.1) is 0 Å². The van der Waals surface area contributed by atoms with Gasteiger partial charge < -0.3 is 10.4 Å². The van der Waals surface area contributed by atoms with Crippen molar-refractivity contribution in [2.24, 2.45) is 0 Å². The molecule has 1 fully saturated rings. The van der Waals surface area contributed by atoms with Crippen LogP contribution in [0.1, 0.15) is 12.8 Å². The van der Waals surface area contributed by atoms with E-state index in [4.69, 9.17) is 5.11 Å². The van der Waals surface area contributed by atoms with Gasteiger partial charge in [-0.25, -0.2) is 4.79 Å². The first-order valence-electron chi connectivity index (χ1n) is 4.19. The Kier molecular flexibility index (Phi) is 3.95. The van der Waals surface area contributed by atoms with Crippen molar-refractivity contribution in [2.75, 3.05) is 11.5 Å². The predicted octanol–water partition coefficient (Wildman–Crippen LogP) is 0.0854. The third-order valence-electron chi connectivity index (χ3n) is 1.95. The van der Waals surface area contributed by atoms with E-state index < -0.39 is 16.8 Å². The molecule has 1 aliphatic heterocycles. The van der Waals surface area contributed by atoms with Crippen molar-refractivity contribution in [3.05, 3.63) is 12.3 Å². The number of carboxylic acid groups (broad SMARTS) is 1. The fourth-order valence-corrected chi connectivity index (χ4v) is 2.51. The van der Waals surface area contributed by atoms with Crippen LogP contribution in [-0.2, 0) is 15.6 Å². The van der Waals surface area contributed by atoms with Crippen molar-refractivity contribution >= 4 is 16.8 Å². The van der Waals surface area contributed by atoms with Crippen LogP contribution in [0.3, 0.4) is 0 Å². The molecule has 13 heavy (non-hydrogen) atoms. The second kappa shape index (κ2) is 5.01. The van der Waals surface area contributed by atoms with Gasteiger partial charge in [0, 0.05) is 40.6 Å². The van der Waals surface area contributed by atoms with E-state index in [0.717, 1.165) is 30.4 Å². The summed E-state index contributed by atoms with van der Waals surface area (Å²) in [4.78, 5) is 10.1. The van der Waals surface area contributed by atoms with Crippen LogP contribution in [0.4, 0.5) is 0 Å². The smallest absolute Gasteiger partial charge is 0.329 e. The lowest BCUT2D eigenvalue weighted by atomic mass is 10.2. The molecule has 0 aromatic rings. The Labute approximate surface area is 79.5 Å². The average molecular weight is 203 g/mol. The molecule has 4 nitrogen and oxygen atoms in total. The minimum absolute atomic E-state index is 0.285. The summed E-state index contributed by atoms with van der Waals surface area (Å²) in [5, 5.41) is 11.3. The lowest BCUT2D eigenvalue weighted by Gasteiger charge is -2.21. The summed E-state index contributed by atoms with van der Waals surface area (Å²) in [7, 11) is -0.656. The van der Waals surface area contributed by atoms with Gasteiger partial charge in [0.1, 0.15) is 0 Å². The summed E-state index contributed by atoms with van der Waals surface area (Å²) in [6.07, 6.45) is 4.24. The zero-order valence-electron chi connectivity index (χ0n) is 7.23. The van der Waals surface area contributed by atoms with Gasteiger partial charge in [-0.1, -0.05) is 0 Å². The number of hydrogen-bond acceptors (Lipinski definition) is 3. The molecule has 0 amide bonds. The van der Waals surface area contributed by atoms with Crippen molar-refractivity contribution < 1.29 is 14.1 Å². The highest BCUT2D eigenvalue weighted by Gasteiger charge is 2.15. The molecule has 74 valence electrons. The van der Waals surface area contributed by atoms with Crippen LogP contribution >= 0.6 is 0 Å². The predicted molar refractivity (Wildman–Crippen MR) is 50.8 cm³/mol. The Morgan fingerprint density at radius 1 is 1.46 bits per heavy atom. The molecular weight excluding hydrogens is 190 g/mol. The summed E-state index contributed by atoms with van der Waals surface area (Å²) < 4.78 is 11.0. The van der Waals surface area contributed by atoms with Crippen LogP contribution in [0, 0.1) is 0 Å². The Morgan fingerprint density at radius 3 is 2.62 bits per heavy atom. The van der Waals surface area contributed by atoms with E-state index in [-0.39, 0.29) is 6.04 Å². The number of nitrogens with one attached hydrogen (secondary N) is 1. The van der Waals surface area contributed by atoms with Crippen LogP contribution in [0.5, 0.6) is 0 Å². The molecule has 2 N–H and O–H groups in total. The number of carboxylic acids is 1. The molecule has 0 spiro atoms. The fraction of sp³-hybridized carbons (Fsp3) is 0.625. The van der Waals surface area contributed by atoms with Gasteiger partial charge in [-0.15, -0.1) is 0 Å². The second-order valence-electron chi connectivity index (χ2n) is 2.96. The Hall–Kier alpha value is -0.840. The zero-order chi connectivity index (χ0) is 9.68.